The van der Waals surface area contributed by atoms with Crippen molar-refractivity contribution in [2.45, 2.75) is 13.5 Å². The Hall–Kier alpha value is -2.25. The highest BCUT2D eigenvalue weighted by molar-refractivity contribution is 9.10. The molecule has 4 heteroatoms. The smallest absolute Gasteiger partial charge is 0.199 e. The molecule has 3 rings (SSSR count). The van der Waals surface area contributed by atoms with Crippen molar-refractivity contribution in [1.82, 2.24) is 4.57 Å². The molecule has 104 valence electrons. The van der Waals surface area contributed by atoms with E-state index in [4.69, 9.17) is 5.26 Å². The summed E-state index contributed by atoms with van der Waals surface area (Å²) in [6, 6.07) is 13.5. The van der Waals surface area contributed by atoms with E-state index < -0.39 is 0 Å². The van der Waals surface area contributed by atoms with Gasteiger partial charge >= 0.3 is 0 Å². The monoisotopic (exact) mass is 340 g/mol. The number of nitriles is 1. The Morgan fingerprint density at radius 2 is 1.95 bits per heavy atom. The van der Waals surface area contributed by atoms with Crippen LogP contribution in [-0.2, 0) is 6.54 Å². The highest BCUT2D eigenvalue weighted by Gasteiger charge is 2.11. The van der Waals surface area contributed by atoms with Crippen LogP contribution in [0.2, 0.25) is 0 Å². The summed E-state index contributed by atoms with van der Waals surface area (Å²) >= 11 is 3.48. The zero-order valence-electron chi connectivity index (χ0n) is 11.5. The molecule has 0 unspecified atom stereocenters. The number of benzene rings is 2. The number of halogens is 1. The topological polar surface area (TPSA) is 49.0 Å². The van der Waals surface area contributed by atoms with Crippen LogP contribution in [-0.4, -0.2) is 9.67 Å². The summed E-state index contributed by atoms with van der Waals surface area (Å²) < 4.78 is 2.83. The van der Waals surface area contributed by atoms with Gasteiger partial charge in [-0.05, 0) is 42.3 Å². The third kappa shape index (κ3) is 2.53. The molecule has 0 fully saturated rings. The second-order valence-electron chi connectivity index (χ2n) is 5.08. The molecule has 0 saturated heterocycles. The number of aromatic nitrogens is 1. The first-order valence-corrected chi connectivity index (χ1v) is 7.35. The van der Waals surface area contributed by atoms with E-state index in [0.29, 0.717) is 12.1 Å². The molecule has 0 saturated carbocycles. The molecule has 0 aliphatic carbocycles. The van der Waals surface area contributed by atoms with Crippen molar-refractivity contribution in [2.24, 2.45) is 0 Å². The van der Waals surface area contributed by atoms with Gasteiger partial charge in [-0.25, -0.2) is 0 Å². The summed E-state index contributed by atoms with van der Waals surface area (Å²) in [4.78, 5) is 0. The molecule has 0 amide bonds. The van der Waals surface area contributed by atoms with Crippen LogP contribution in [0.1, 0.15) is 16.7 Å². The standard InChI is InChI=1S/C17H13BrN2O/c1-11-6-15(18)7-14-10-20(17(21)16(11)14)9-13-4-2-12(8-19)3-5-13/h2-7,10,21H,9H2,1H3. The summed E-state index contributed by atoms with van der Waals surface area (Å²) in [7, 11) is 0. The summed E-state index contributed by atoms with van der Waals surface area (Å²) in [5.74, 6) is 0.277. The van der Waals surface area contributed by atoms with E-state index in [-0.39, 0.29) is 5.88 Å². The SMILES string of the molecule is Cc1cc(Br)cc2cn(Cc3ccc(C#N)cc3)c(O)c12. The maximum absolute atomic E-state index is 10.4. The van der Waals surface area contributed by atoms with E-state index in [1.165, 1.54) is 0 Å². The van der Waals surface area contributed by atoms with Crippen molar-refractivity contribution in [2.75, 3.05) is 0 Å². The summed E-state index contributed by atoms with van der Waals surface area (Å²) in [5.41, 5.74) is 2.72. The Morgan fingerprint density at radius 1 is 1.24 bits per heavy atom. The predicted molar refractivity (Wildman–Crippen MR) is 86.3 cm³/mol. The lowest BCUT2D eigenvalue weighted by molar-refractivity contribution is 0.430. The number of rotatable bonds is 2. The molecule has 1 N–H and O–H groups in total. The predicted octanol–water partition coefficient (Wildman–Crippen LogP) is 4.34. The largest absolute Gasteiger partial charge is 0.494 e. The molecule has 1 aromatic heterocycles. The highest BCUT2D eigenvalue weighted by atomic mass is 79.9. The lowest BCUT2D eigenvalue weighted by Crippen LogP contribution is -1.97. The third-order valence-corrected chi connectivity index (χ3v) is 4.02. The van der Waals surface area contributed by atoms with Crippen molar-refractivity contribution < 1.29 is 5.11 Å². The molecule has 0 radical (unpaired) electrons. The van der Waals surface area contributed by atoms with Crippen LogP contribution in [0.15, 0.2) is 47.1 Å². The van der Waals surface area contributed by atoms with Crippen LogP contribution in [0.4, 0.5) is 0 Å². The minimum Gasteiger partial charge on any atom is -0.494 e. The molecule has 0 aliphatic heterocycles. The van der Waals surface area contributed by atoms with E-state index in [2.05, 4.69) is 22.0 Å². The Balaban J connectivity index is 2.02. The zero-order valence-corrected chi connectivity index (χ0v) is 13.1. The van der Waals surface area contributed by atoms with Gasteiger partial charge in [-0.1, -0.05) is 28.1 Å². The van der Waals surface area contributed by atoms with Crippen LogP contribution in [0.5, 0.6) is 5.88 Å². The van der Waals surface area contributed by atoms with Gasteiger partial charge in [0.2, 0.25) is 0 Å². The summed E-state index contributed by atoms with van der Waals surface area (Å²) in [6.07, 6.45) is 1.95. The fourth-order valence-electron chi connectivity index (χ4n) is 2.55. The Labute approximate surface area is 131 Å². The van der Waals surface area contributed by atoms with Crippen molar-refractivity contribution in [3.05, 3.63) is 63.8 Å². The van der Waals surface area contributed by atoms with Crippen LogP contribution in [0, 0.1) is 18.3 Å². The first-order valence-electron chi connectivity index (χ1n) is 6.55. The molecule has 0 bridgehead atoms. The molecule has 3 nitrogen and oxygen atoms in total. The molecule has 0 atom stereocenters. The first-order chi connectivity index (χ1) is 10.1. The minimum absolute atomic E-state index is 0.277. The van der Waals surface area contributed by atoms with Gasteiger partial charge in [0.25, 0.3) is 0 Å². The molecule has 3 aromatic rings. The normalized spacial score (nSPS) is 10.7. The Morgan fingerprint density at radius 3 is 2.62 bits per heavy atom. The number of hydrogen-bond donors (Lipinski definition) is 1. The third-order valence-electron chi connectivity index (χ3n) is 3.56. The average Bonchev–Trinajstić information content (AvgIpc) is 2.76. The fraction of sp³-hybridized carbons (Fsp3) is 0.118. The number of hydrogen-bond acceptors (Lipinski definition) is 2. The van der Waals surface area contributed by atoms with Crippen molar-refractivity contribution >= 4 is 26.7 Å². The van der Waals surface area contributed by atoms with E-state index in [1.54, 1.807) is 12.1 Å². The number of aromatic hydroxyl groups is 1. The Kier molecular flexibility index (Phi) is 3.44. The van der Waals surface area contributed by atoms with Crippen LogP contribution in [0.3, 0.4) is 0 Å². The molecule has 0 aliphatic rings. The number of aryl methyl sites for hydroxylation is 1. The first kappa shape index (κ1) is 13.7. The van der Waals surface area contributed by atoms with Gasteiger partial charge < -0.3 is 9.67 Å². The average molecular weight is 341 g/mol. The van der Waals surface area contributed by atoms with Crippen LogP contribution >= 0.6 is 15.9 Å². The van der Waals surface area contributed by atoms with E-state index in [1.807, 2.05) is 42.0 Å². The van der Waals surface area contributed by atoms with Crippen LogP contribution in [0.25, 0.3) is 10.8 Å². The van der Waals surface area contributed by atoms with Crippen molar-refractivity contribution in [3.8, 4) is 11.9 Å². The van der Waals surface area contributed by atoms with Crippen LogP contribution < -0.4 is 0 Å². The molecule has 0 spiro atoms. The quantitative estimate of drug-likeness (QED) is 0.754. The summed E-state index contributed by atoms with van der Waals surface area (Å²) in [6.45, 7) is 2.56. The van der Waals surface area contributed by atoms with Gasteiger partial charge in [0.1, 0.15) is 0 Å². The van der Waals surface area contributed by atoms with E-state index >= 15 is 0 Å². The lowest BCUT2D eigenvalue weighted by Gasteiger charge is -2.05. The molecule has 2 aromatic carbocycles. The Bertz CT molecular complexity index is 857. The van der Waals surface area contributed by atoms with Crippen molar-refractivity contribution in [1.29, 1.82) is 5.26 Å². The van der Waals surface area contributed by atoms with E-state index in [0.717, 1.165) is 26.4 Å². The highest BCUT2D eigenvalue weighted by Crippen LogP contribution is 2.33. The van der Waals surface area contributed by atoms with E-state index in [9.17, 15) is 5.11 Å². The summed E-state index contributed by atoms with van der Waals surface area (Å²) in [5, 5.41) is 21.1. The van der Waals surface area contributed by atoms with Crippen molar-refractivity contribution in [3.63, 3.8) is 0 Å². The molecule has 1 heterocycles. The zero-order chi connectivity index (χ0) is 15.0. The minimum atomic E-state index is 0.277. The van der Waals surface area contributed by atoms with Gasteiger partial charge in [-0.2, -0.15) is 5.26 Å². The maximum Gasteiger partial charge on any atom is 0.199 e. The van der Waals surface area contributed by atoms with Gasteiger partial charge in [0, 0.05) is 21.4 Å². The second kappa shape index (κ2) is 5.27. The lowest BCUT2D eigenvalue weighted by atomic mass is 10.1. The van der Waals surface area contributed by atoms with Gasteiger partial charge in [0.05, 0.1) is 18.2 Å². The molecule has 21 heavy (non-hydrogen) atoms. The number of fused-ring (bicyclic) bond motifs is 1. The molecular formula is C17H13BrN2O. The fourth-order valence-corrected chi connectivity index (χ4v) is 3.14. The van der Waals surface area contributed by atoms with Gasteiger partial charge in [-0.3, -0.25) is 0 Å². The molecular weight excluding hydrogens is 328 g/mol. The second-order valence-corrected chi connectivity index (χ2v) is 5.99. The maximum atomic E-state index is 10.4. The van der Waals surface area contributed by atoms with Gasteiger partial charge in [-0.15, -0.1) is 0 Å². The van der Waals surface area contributed by atoms with Gasteiger partial charge in [0.15, 0.2) is 5.88 Å². The number of nitrogens with zero attached hydrogens (tertiary/aromatic N) is 2.